The normalized spacial score (nSPS) is 11.7. The molecule has 8 heteroatoms. The lowest BCUT2D eigenvalue weighted by Gasteiger charge is -2.20. The number of hydrogen-bond acceptors (Lipinski definition) is 4. The smallest absolute Gasteiger partial charge is 0.341 e. The van der Waals surface area contributed by atoms with Crippen LogP contribution in [0.5, 0.6) is 0 Å². The number of aromatic carboxylic acids is 1. The molecule has 0 aliphatic rings. The van der Waals surface area contributed by atoms with Gasteiger partial charge in [0.2, 0.25) is 0 Å². The third-order valence-electron chi connectivity index (χ3n) is 3.27. The molecule has 23 heavy (non-hydrogen) atoms. The summed E-state index contributed by atoms with van der Waals surface area (Å²) < 4.78 is 10.4. The molecular formula is C15H14Cl3NO4. The first-order valence-corrected chi connectivity index (χ1v) is 7.69. The molecule has 0 radical (unpaired) electrons. The van der Waals surface area contributed by atoms with Crippen LogP contribution in [0.4, 0.5) is 0 Å². The highest BCUT2D eigenvalue weighted by molar-refractivity contribution is 6.42. The van der Waals surface area contributed by atoms with E-state index in [1.807, 2.05) is 0 Å². The van der Waals surface area contributed by atoms with Gasteiger partial charge in [0.05, 0.1) is 16.7 Å². The minimum atomic E-state index is -1.19. The van der Waals surface area contributed by atoms with E-state index in [-0.39, 0.29) is 39.2 Å². The quantitative estimate of drug-likeness (QED) is 0.799. The van der Waals surface area contributed by atoms with Crippen molar-refractivity contribution in [2.75, 3.05) is 13.7 Å². The molecule has 0 aliphatic heterocycles. The maximum Gasteiger partial charge on any atom is 0.341 e. The minimum Gasteiger partial charge on any atom is -0.477 e. The van der Waals surface area contributed by atoms with Crippen molar-refractivity contribution < 1.29 is 19.2 Å². The van der Waals surface area contributed by atoms with Crippen molar-refractivity contribution in [3.05, 3.63) is 38.5 Å². The van der Waals surface area contributed by atoms with E-state index in [1.165, 1.54) is 19.2 Å². The van der Waals surface area contributed by atoms with Gasteiger partial charge in [0.1, 0.15) is 11.3 Å². The van der Waals surface area contributed by atoms with Crippen molar-refractivity contribution in [1.29, 1.82) is 0 Å². The summed E-state index contributed by atoms with van der Waals surface area (Å²) in [5.41, 5.74) is -0.473. The largest absolute Gasteiger partial charge is 0.477 e. The van der Waals surface area contributed by atoms with E-state index in [9.17, 15) is 9.90 Å². The number of carbonyl (C=O) groups is 1. The molecule has 0 aliphatic carbocycles. The number of carboxylic acids is 1. The average molecular weight is 379 g/mol. The molecule has 1 N–H and O–H groups in total. The number of aromatic nitrogens is 1. The second kappa shape index (κ2) is 6.69. The highest BCUT2D eigenvalue weighted by Gasteiger charge is 2.35. The molecule has 0 unspecified atom stereocenters. The zero-order valence-electron chi connectivity index (χ0n) is 12.6. The van der Waals surface area contributed by atoms with Gasteiger partial charge in [0.15, 0.2) is 5.76 Å². The highest BCUT2D eigenvalue weighted by atomic mass is 35.5. The Morgan fingerprint density at radius 1 is 1.30 bits per heavy atom. The number of rotatable bonds is 5. The summed E-state index contributed by atoms with van der Waals surface area (Å²) in [5.74, 6) is -1.01. The average Bonchev–Trinajstić information content (AvgIpc) is 2.82. The Kier molecular flexibility index (Phi) is 5.26. The minimum absolute atomic E-state index is 0.0587. The van der Waals surface area contributed by atoms with E-state index in [0.717, 1.165) is 0 Å². The number of carboxylic acid groups (broad SMARTS) is 1. The fraction of sp³-hybridized carbons (Fsp3) is 0.333. The molecule has 0 bridgehead atoms. The molecule has 1 aromatic carbocycles. The Morgan fingerprint density at radius 2 is 1.87 bits per heavy atom. The molecule has 1 aromatic heterocycles. The van der Waals surface area contributed by atoms with E-state index in [4.69, 9.17) is 44.1 Å². The van der Waals surface area contributed by atoms with Crippen LogP contribution < -0.4 is 0 Å². The second-order valence-corrected chi connectivity index (χ2v) is 6.85. The predicted octanol–water partition coefficient (Wildman–Crippen LogP) is 4.92. The molecule has 2 aromatic rings. The van der Waals surface area contributed by atoms with Gasteiger partial charge < -0.3 is 14.4 Å². The van der Waals surface area contributed by atoms with E-state index in [2.05, 4.69) is 5.16 Å². The topological polar surface area (TPSA) is 72.6 Å². The van der Waals surface area contributed by atoms with Crippen molar-refractivity contribution in [1.82, 2.24) is 5.16 Å². The van der Waals surface area contributed by atoms with Gasteiger partial charge in [0.25, 0.3) is 0 Å². The molecule has 124 valence electrons. The van der Waals surface area contributed by atoms with Crippen molar-refractivity contribution in [3.8, 4) is 11.3 Å². The second-order valence-electron chi connectivity index (χ2n) is 5.60. The van der Waals surface area contributed by atoms with E-state index >= 15 is 0 Å². The van der Waals surface area contributed by atoms with Crippen LogP contribution in [0.25, 0.3) is 11.3 Å². The summed E-state index contributed by atoms with van der Waals surface area (Å²) >= 11 is 18.2. The van der Waals surface area contributed by atoms with Crippen LogP contribution in [-0.2, 0) is 10.2 Å². The lowest BCUT2D eigenvalue weighted by atomic mass is 9.87. The predicted molar refractivity (Wildman–Crippen MR) is 88.8 cm³/mol. The Morgan fingerprint density at radius 3 is 2.35 bits per heavy atom. The molecule has 0 atom stereocenters. The molecule has 1 heterocycles. The number of benzene rings is 1. The Bertz CT molecular complexity index is 732. The Hall–Kier alpha value is -1.27. The van der Waals surface area contributed by atoms with Gasteiger partial charge in [-0.3, -0.25) is 0 Å². The summed E-state index contributed by atoms with van der Waals surface area (Å²) in [6.07, 6.45) is 0. The van der Waals surface area contributed by atoms with Crippen LogP contribution >= 0.6 is 34.8 Å². The first-order valence-electron chi connectivity index (χ1n) is 6.56. The molecule has 0 saturated heterocycles. The maximum atomic E-state index is 11.8. The van der Waals surface area contributed by atoms with Gasteiger partial charge in [0, 0.05) is 23.1 Å². The van der Waals surface area contributed by atoms with Crippen LogP contribution in [0, 0.1) is 0 Å². The molecule has 0 fully saturated rings. The molecule has 2 rings (SSSR count). The zero-order chi connectivity index (χ0) is 17.4. The van der Waals surface area contributed by atoms with Crippen molar-refractivity contribution in [2.24, 2.45) is 0 Å². The summed E-state index contributed by atoms with van der Waals surface area (Å²) in [6, 6.07) is 2.93. The third-order valence-corrected chi connectivity index (χ3v) is 4.08. The lowest BCUT2D eigenvalue weighted by molar-refractivity contribution is 0.0687. The number of methoxy groups -OCH3 is 1. The molecule has 5 nitrogen and oxygen atoms in total. The van der Waals surface area contributed by atoms with Crippen molar-refractivity contribution in [3.63, 3.8) is 0 Å². The monoisotopic (exact) mass is 377 g/mol. The summed E-state index contributed by atoms with van der Waals surface area (Å²) in [7, 11) is 1.52. The van der Waals surface area contributed by atoms with Crippen LogP contribution in [-0.4, -0.2) is 29.9 Å². The Balaban J connectivity index is 2.72. The summed E-state index contributed by atoms with van der Waals surface area (Å²) in [4.78, 5) is 11.8. The van der Waals surface area contributed by atoms with Gasteiger partial charge >= 0.3 is 5.97 Å². The molecule has 0 spiro atoms. The first-order chi connectivity index (χ1) is 10.7. The van der Waals surface area contributed by atoms with Crippen LogP contribution in [0.3, 0.4) is 0 Å². The highest BCUT2D eigenvalue weighted by Crippen LogP contribution is 2.41. The zero-order valence-corrected chi connectivity index (χ0v) is 14.9. The standard InChI is InChI=1S/C15H14Cl3NO4/c1-15(2,6-22-3)13-11(14(20)21)12(19-23-13)10-8(17)4-7(16)5-9(10)18/h4-5H,6H2,1-3H3,(H,20,21). The van der Waals surface area contributed by atoms with Gasteiger partial charge in [-0.15, -0.1) is 0 Å². The van der Waals surface area contributed by atoms with E-state index < -0.39 is 11.4 Å². The lowest BCUT2D eigenvalue weighted by Crippen LogP contribution is -2.25. The van der Waals surface area contributed by atoms with Crippen LogP contribution in [0.2, 0.25) is 15.1 Å². The molecular weight excluding hydrogens is 365 g/mol. The molecule has 0 saturated carbocycles. The number of ether oxygens (including phenoxy) is 1. The first kappa shape index (κ1) is 18.1. The SMILES string of the molecule is COCC(C)(C)c1onc(-c2c(Cl)cc(Cl)cc2Cl)c1C(=O)O. The van der Waals surface area contributed by atoms with Crippen LogP contribution in [0.1, 0.15) is 30.0 Å². The number of nitrogens with zero attached hydrogens (tertiary/aromatic N) is 1. The number of halogens is 3. The fourth-order valence-corrected chi connectivity index (χ4v) is 3.31. The maximum absolute atomic E-state index is 11.8. The van der Waals surface area contributed by atoms with Gasteiger partial charge in [-0.05, 0) is 12.1 Å². The summed E-state index contributed by atoms with van der Waals surface area (Å²) in [6.45, 7) is 3.83. The van der Waals surface area contributed by atoms with Gasteiger partial charge in [-0.25, -0.2) is 4.79 Å². The fourth-order valence-electron chi connectivity index (χ4n) is 2.32. The summed E-state index contributed by atoms with van der Waals surface area (Å²) in [5, 5.41) is 14.2. The van der Waals surface area contributed by atoms with Crippen LogP contribution in [0.15, 0.2) is 16.7 Å². The molecule has 0 amide bonds. The van der Waals surface area contributed by atoms with Gasteiger partial charge in [-0.2, -0.15) is 0 Å². The number of hydrogen-bond donors (Lipinski definition) is 1. The van der Waals surface area contributed by atoms with Crippen molar-refractivity contribution in [2.45, 2.75) is 19.3 Å². The van der Waals surface area contributed by atoms with E-state index in [0.29, 0.717) is 5.02 Å². The van der Waals surface area contributed by atoms with Gasteiger partial charge in [-0.1, -0.05) is 53.8 Å². The van der Waals surface area contributed by atoms with Crippen molar-refractivity contribution >= 4 is 40.8 Å². The van der Waals surface area contributed by atoms with E-state index in [1.54, 1.807) is 13.8 Å². The Labute approximate surface area is 148 Å². The third kappa shape index (κ3) is 3.48.